The number of likely N-dealkylation sites (N-methyl/N-ethyl adjacent to an activating group) is 1. The molecule has 0 amide bonds. The lowest BCUT2D eigenvalue weighted by molar-refractivity contribution is -0.138. The van der Waals surface area contributed by atoms with Crippen molar-refractivity contribution in [2.45, 2.75) is 25.0 Å². The minimum Gasteiger partial charge on any atom is -0.472 e. The van der Waals surface area contributed by atoms with E-state index in [1.165, 1.54) is 24.9 Å². The number of rotatable bonds is 2. The van der Waals surface area contributed by atoms with Gasteiger partial charge in [0.25, 0.3) is 0 Å². The lowest BCUT2D eigenvalue weighted by Gasteiger charge is -2.47. The van der Waals surface area contributed by atoms with E-state index in [4.69, 9.17) is 9.15 Å². The molecule has 0 N–H and O–H groups in total. The molecule has 2 aliphatic heterocycles. The number of hydrogen-bond donors (Lipinski definition) is 0. The van der Waals surface area contributed by atoms with E-state index in [9.17, 15) is 0 Å². The molecule has 100 valence electrons. The van der Waals surface area contributed by atoms with Crippen LogP contribution in [0.4, 0.5) is 0 Å². The maximum atomic E-state index is 6.12. The summed E-state index contributed by atoms with van der Waals surface area (Å²) in [4.78, 5) is 4.89. The highest BCUT2D eigenvalue weighted by Crippen LogP contribution is 2.28. The van der Waals surface area contributed by atoms with Crippen LogP contribution in [-0.4, -0.2) is 55.2 Å². The van der Waals surface area contributed by atoms with Gasteiger partial charge in [-0.2, -0.15) is 0 Å². The summed E-state index contributed by atoms with van der Waals surface area (Å²) in [7, 11) is 2.19. The van der Waals surface area contributed by atoms with Crippen molar-refractivity contribution in [3.63, 3.8) is 0 Å². The number of nitrogens with zero attached hydrogens (tertiary/aromatic N) is 2. The zero-order valence-electron chi connectivity index (χ0n) is 11.1. The molecule has 1 aromatic heterocycles. The van der Waals surface area contributed by atoms with Gasteiger partial charge in [-0.1, -0.05) is 0 Å². The predicted molar refractivity (Wildman–Crippen MR) is 69.4 cm³/mol. The second-order valence-corrected chi connectivity index (χ2v) is 5.72. The van der Waals surface area contributed by atoms with Gasteiger partial charge in [0, 0.05) is 31.7 Å². The first-order chi connectivity index (χ1) is 8.76. The highest BCUT2D eigenvalue weighted by Gasteiger charge is 2.39. The van der Waals surface area contributed by atoms with Gasteiger partial charge in [-0.05, 0) is 32.5 Å². The molecule has 2 saturated heterocycles. The van der Waals surface area contributed by atoms with E-state index in [0.29, 0.717) is 0 Å². The third kappa shape index (κ3) is 2.60. The van der Waals surface area contributed by atoms with Crippen molar-refractivity contribution in [3.8, 4) is 0 Å². The predicted octanol–water partition coefficient (Wildman–Crippen LogP) is 1.58. The van der Waals surface area contributed by atoms with Crippen LogP contribution in [0.5, 0.6) is 0 Å². The fourth-order valence-electron chi connectivity index (χ4n) is 3.27. The highest BCUT2D eigenvalue weighted by molar-refractivity contribution is 5.06. The minimum absolute atomic E-state index is 0.0645. The molecule has 4 nitrogen and oxygen atoms in total. The SMILES string of the molecule is CN1CCC[C@@]2(C1)CN(Cc1ccoc1)CCO2. The van der Waals surface area contributed by atoms with Gasteiger partial charge in [-0.15, -0.1) is 0 Å². The summed E-state index contributed by atoms with van der Waals surface area (Å²) < 4.78 is 11.3. The molecular weight excluding hydrogens is 228 g/mol. The molecule has 0 unspecified atom stereocenters. The molecule has 1 atom stereocenters. The molecule has 0 aliphatic carbocycles. The van der Waals surface area contributed by atoms with Crippen LogP contribution in [0.3, 0.4) is 0 Å². The van der Waals surface area contributed by atoms with E-state index in [2.05, 4.69) is 22.9 Å². The molecule has 0 radical (unpaired) electrons. The Kier molecular flexibility index (Phi) is 3.41. The van der Waals surface area contributed by atoms with Crippen molar-refractivity contribution in [1.82, 2.24) is 9.80 Å². The molecule has 0 bridgehead atoms. The lowest BCUT2D eigenvalue weighted by atomic mass is 9.91. The van der Waals surface area contributed by atoms with E-state index in [-0.39, 0.29) is 5.60 Å². The van der Waals surface area contributed by atoms with Crippen molar-refractivity contribution in [1.29, 1.82) is 0 Å². The summed E-state index contributed by atoms with van der Waals surface area (Å²) in [6.07, 6.45) is 6.03. The average Bonchev–Trinajstić information content (AvgIpc) is 2.81. The number of morpholine rings is 1. The maximum absolute atomic E-state index is 6.12. The van der Waals surface area contributed by atoms with Crippen LogP contribution >= 0.6 is 0 Å². The number of likely N-dealkylation sites (tertiary alicyclic amines) is 1. The van der Waals surface area contributed by atoms with Gasteiger partial charge in [-0.25, -0.2) is 0 Å². The molecule has 1 aromatic rings. The van der Waals surface area contributed by atoms with Crippen molar-refractivity contribution in [2.75, 3.05) is 39.8 Å². The monoisotopic (exact) mass is 250 g/mol. The van der Waals surface area contributed by atoms with Gasteiger partial charge in [0.05, 0.1) is 24.7 Å². The largest absolute Gasteiger partial charge is 0.472 e. The summed E-state index contributed by atoms with van der Waals surface area (Å²) in [5.74, 6) is 0. The summed E-state index contributed by atoms with van der Waals surface area (Å²) in [5, 5.41) is 0. The fourth-order valence-corrected chi connectivity index (χ4v) is 3.27. The Bertz CT molecular complexity index is 375. The van der Waals surface area contributed by atoms with Crippen molar-refractivity contribution in [2.24, 2.45) is 0 Å². The van der Waals surface area contributed by atoms with Crippen LogP contribution in [0.2, 0.25) is 0 Å². The second kappa shape index (κ2) is 5.03. The molecule has 4 heteroatoms. The van der Waals surface area contributed by atoms with E-state index >= 15 is 0 Å². The van der Waals surface area contributed by atoms with E-state index < -0.39 is 0 Å². The molecule has 3 rings (SSSR count). The molecule has 2 aliphatic rings. The Balaban J connectivity index is 1.64. The molecule has 1 spiro atoms. The topological polar surface area (TPSA) is 28.9 Å². The minimum atomic E-state index is 0.0645. The molecule has 18 heavy (non-hydrogen) atoms. The average molecular weight is 250 g/mol. The van der Waals surface area contributed by atoms with Gasteiger partial charge in [0.1, 0.15) is 0 Å². The van der Waals surface area contributed by atoms with E-state index in [1.807, 2.05) is 6.26 Å². The van der Waals surface area contributed by atoms with Crippen molar-refractivity contribution < 1.29 is 9.15 Å². The number of furan rings is 1. The molecule has 3 heterocycles. The van der Waals surface area contributed by atoms with Gasteiger partial charge in [0.15, 0.2) is 0 Å². The molecule has 0 saturated carbocycles. The molecule has 0 aromatic carbocycles. The van der Waals surface area contributed by atoms with Crippen LogP contribution < -0.4 is 0 Å². The Hall–Kier alpha value is -0.840. The normalized spacial score (nSPS) is 30.9. The molecule has 2 fully saturated rings. The summed E-state index contributed by atoms with van der Waals surface area (Å²) in [6.45, 7) is 6.16. The van der Waals surface area contributed by atoms with Gasteiger partial charge < -0.3 is 14.1 Å². The van der Waals surface area contributed by atoms with Crippen molar-refractivity contribution in [3.05, 3.63) is 24.2 Å². The summed E-state index contributed by atoms with van der Waals surface area (Å²) in [5.41, 5.74) is 1.32. The number of ether oxygens (including phenoxy) is 1. The Labute approximate surface area is 108 Å². The third-order valence-electron chi connectivity index (χ3n) is 4.04. The highest BCUT2D eigenvalue weighted by atomic mass is 16.5. The summed E-state index contributed by atoms with van der Waals surface area (Å²) >= 11 is 0. The zero-order chi connectivity index (χ0) is 12.4. The first kappa shape index (κ1) is 12.2. The van der Waals surface area contributed by atoms with Crippen LogP contribution in [-0.2, 0) is 11.3 Å². The first-order valence-electron chi connectivity index (χ1n) is 6.82. The second-order valence-electron chi connectivity index (χ2n) is 5.72. The van der Waals surface area contributed by atoms with Gasteiger partial charge in [-0.3, -0.25) is 4.90 Å². The Morgan fingerprint density at radius 1 is 1.33 bits per heavy atom. The van der Waals surface area contributed by atoms with E-state index in [1.54, 1.807) is 6.26 Å². The van der Waals surface area contributed by atoms with E-state index in [0.717, 1.165) is 32.8 Å². The quantitative estimate of drug-likeness (QED) is 0.797. The summed E-state index contributed by atoms with van der Waals surface area (Å²) in [6, 6.07) is 2.05. The Morgan fingerprint density at radius 2 is 2.28 bits per heavy atom. The smallest absolute Gasteiger partial charge is 0.0947 e. The zero-order valence-corrected chi connectivity index (χ0v) is 11.1. The van der Waals surface area contributed by atoms with Gasteiger partial charge >= 0.3 is 0 Å². The first-order valence-corrected chi connectivity index (χ1v) is 6.82. The third-order valence-corrected chi connectivity index (χ3v) is 4.04. The van der Waals surface area contributed by atoms with Crippen molar-refractivity contribution >= 4 is 0 Å². The van der Waals surface area contributed by atoms with Crippen LogP contribution in [0.1, 0.15) is 18.4 Å². The van der Waals surface area contributed by atoms with Gasteiger partial charge in [0.2, 0.25) is 0 Å². The Morgan fingerprint density at radius 3 is 3.06 bits per heavy atom. The van der Waals surface area contributed by atoms with Crippen LogP contribution in [0.15, 0.2) is 23.0 Å². The van der Waals surface area contributed by atoms with Crippen LogP contribution in [0, 0.1) is 0 Å². The number of hydrogen-bond acceptors (Lipinski definition) is 4. The fraction of sp³-hybridized carbons (Fsp3) is 0.714. The van der Waals surface area contributed by atoms with Crippen LogP contribution in [0.25, 0.3) is 0 Å². The number of piperidine rings is 1. The maximum Gasteiger partial charge on any atom is 0.0947 e. The lowest BCUT2D eigenvalue weighted by Crippen LogP contribution is -2.58. The molecular formula is C14H22N2O2. The standard InChI is InChI=1S/C14H22N2O2/c1-15-5-2-4-14(11-15)12-16(6-8-18-14)9-13-3-7-17-10-13/h3,7,10H,2,4-6,8-9,11-12H2,1H3/t14-/m1/s1.